The van der Waals surface area contributed by atoms with Crippen molar-refractivity contribution >= 4 is 28.8 Å². The average Bonchev–Trinajstić information content (AvgIpc) is 3.24. The van der Waals surface area contributed by atoms with Crippen molar-refractivity contribution in [2.75, 3.05) is 13.2 Å². The number of thiophene rings is 1. The van der Waals surface area contributed by atoms with Gasteiger partial charge >= 0.3 is 0 Å². The number of rotatable bonds is 6. The Morgan fingerprint density at radius 1 is 1.38 bits per heavy atom. The van der Waals surface area contributed by atoms with E-state index in [1.165, 1.54) is 6.07 Å². The minimum absolute atomic E-state index is 0.0381. The van der Waals surface area contributed by atoms with E-state index in [-0.39, 0.29) is 29.0 Å². The zero-order chi connectivity index (χ0) is 16.9. The van der Waals surface area contributed by atoms with Gasteiger partial charge in [-0.25, -0.2) is 4.39 Å². The number of amides is 1. The molecular formula is C18H19ClFNO2S. The molecule has 0 radical (unpaired) electrons. The van der Waals surface area contributed by atoms with Crippen molar-refractivity contribution in [3.05, 3.63) is 57.0 Å². The molecule has 3 rings (SSSR count). The molecule has 0 bridgehead atoms. The van der Waals surface area contributed by atoms with E-state index in [1.807, 2.05) is 17.5 Å². The summed E-state index contributed by atoms with van der Waals surface area (Å²) in [5, 5.41) is 2.27. The second-order valence-electron chi connectivity index (χ2n) is 5.87. The molecule has 0 saturated carbocycles. The molecule has 1 aliphatic rings. The summed E-state index contributed by atoms with van der Waals surface area (Å²) in [4.78, 5) is 15.6. The minimum Gasteiger partial charge on any atom is -0.376 e. The Balaban J connectivity index is 1.74. The number of nitrogens with zero attached hydrogens (tertiary/aromatic N) is 1. The van der Waals surface area contributed by atoms with Crippen LogP contribution in [0.25, 0.3) is 0 Å². The van der Waals surface area contributed by atoms with Gasteiger partial charge in [0.05, 0.1) is 19.1 Å². The maximum absolute atomic E-state index is 14.0. The van der Waals surface area contributed by atoms with Crippen LogP contribution in [0.15, 0.2) is 35.7 Å². The summed E-state index contributed by atoms with van der Waals surface area (Å²) in [6.07, 6.45) is 1.99. The first-order chi connectivity index (χ1) is 11.6. The Labute approximate surface area is 150 Å². The fraction of sp³-hybridized carbons (Fsp3) is 0.389. The summed E-state index contributed by atoms with van der Waals surface area (Å²) in [6, 6.07) is 8.44. The van der Waals surface area contributed by atoms with Crippen LogP contribution in [0.4, 0.5) is 4.39 Å². The van der Waals surface area contributed by atoms with Crippen LogP contribution in [-0.2, 0) is 22.5 Å². The van der Waals surface area contributed by atoms with Crippen LogP contribution >= 0.6 is 22.9 Å². The van der Waals surface area contributed by atoms with Gasteiger partial charge in [0.15, 0.2) is 0 Å². The van der Waals surface area contributed by atoms with Crippen molar-refractivity contribution in [2.45, 2.75) is 31.9 Å². The molecule has 1 fully saturated rings. The van der Waals surface area contributed by atoms with Gasteiger partial charge < -0.3 is 9.64 Å². The van der Waals surface area contributed by atoms with Crippen LogP contribution < -0.4 is 0 Å². The third-order valence-electron chi connectivity index (χ3n) is 4.12. The standard InChI is InChI=1S/C18H19ClFNO2S/c19-16-6-1-7-17(20)15(16)10-18(22)21(11-13-4-2-8-23-13)12-14-5-3-9-24-14/h1,3,5-7,9,13H,2,4,8,10-12H2. The van der Waals surface area contributed by atoms with Crippen molar-refractivity contribution in [3.63, 3.8) is 0 Å². The molecular weight excluding hydrogens is 349 g/mol. The highest BCUT2D eigenvalue weighted by molar-refractivity contribution is 7.09. The zero-order valence-corrected chi connectivity index (χ0v) is 14.8. The van der Waals surface area contributed by atoms with E-state index < -0.39 is 5.82 Å². The molecule has 128 valence electrons. The van der Waals surface area contributed by atoms with Gasteiger partial charge in [0, 0.05) is 28.6 Å². The van der Waals surface area contributed by atoms with Crippen molar-refractivity contribution in [2.24, 2.45) is 0 Å². The molecule has 0 spiro atoms. The highest BCUT2D eigenvalue weighted by Crippen LogP contribution is 2.22. The predicted octanol–water partition coefficient (Wildman–Crippen LogP) is 4.29. The lowest BCUT2D eigenvalue weighted by Crippen LogP contribution is -2.37. The second-order valence-corrected chi connectivity index (χ2v) is 7.31. The number of carbonyl (C=O) groups excluding carboxylic acids is 1. The second kappa shape index (κ2) is 8.10. The molecule has 1 unspecified atom stereocenters. The van der Waals surface area contributed by atoms with E-state index in [2.05, 4.69) is 0 Å². The van der Waals surface area contributed by atoms with E-state index in [0.29, 0.717) is 13.1 Å². The molecule has 1 amide bonds. The predicted molar refractivity (Wildman–Crippen MR) is 93.8 cm³/mol. The number of carbonyl (C=O) groups is 1. The van der Waals surface area contributed by atoms with Crippen molar-refractivity contribution < 1.29 is 13.9 Å². The van der Waals surface area contributed by atoms with Crippen LogP contribution in [0, 0.1) is 5.82 Å². The number of ether oxygens (including phenoxy) is 1. The van der Waals surface area contributed by atoms with Gasteiger partial charge in [-0.1, -0.05) is 23.7 Å². The molecule has 1 aliphatic heterocycles. The number of hydrogen-bond acceptors (Lipinski definition) is 3. The van der Waals surface area contributed by atoms with Crippen LogP contribution in [0.1, 0.15) is 23.3 Å². The molecule has 1 saturated heterocycles. The summed E-state index contributed by atoms with van der Waals surface area (Å²) < 4.78 is 19.6. The Bertz CT molecular complexity index is 666. The van der Waals surface area contributed by atoms with Crippen LogP contribution in [-0.4, -0.2) is 30.1 Å². The van der Waals surface area contributed by atoms with E-state index in [0.717, 1.165) is 24.3 Å². The maximum atomic E-state index is 14.0. The number of halogens is 2. The van der Waals surface area contributed by atoms with Gasteiger partial charge in [-0.2, -0.15) is 0 Å². The first kappa shape index (κ1) is 17.4. The summed E-state index contributed by atoms with van der Waals surface area (Å²) in [6.45, 7) is 1.79. The Morgan fingerprint density at radius 3 is 2.92 bits per heavy atom. The number of hydrogen-bond donors (Lipinski definition) is 0. The molecule has 2 aromatic rings. The van der Waals surface area contributed by atoms with Crippen LogP contribution in [0.2, 0.25) is 5.02 Å². The largest absolute Gasteiger partial charge is 0.376 e. The van der Waals surface area contributed by atoms with Gasteiger partial charge in [-0.05, 0) is 36.4 Å². The first-order valence-corrected chi connectivity index (χ1v) is 9.24. The molecule has 1 atom stereocenters. The Kier molecular flexibility index (Phi) is 5.87. The third-order valence-corrected chi connectivity index (χ3v) is 5.33. The topological polar surface area (TPSA) is 29.5 Å². The summed E-state index contributed by atoms with van der Waals surface area (Å²) in [7, 11) is 0. The minimum atomic E-state index is -0.441. The van der Waals surface area contributed by atoms with E-state index in [1.54, 1.807) is 28.4 Å². The maximum Gasteiger partial charge on any atom is 0.227 e. The van der Waals surface area contributed by atoms with Gasteiger partial charge in [-0.3, -0.25) is 4.79 Å². The molecule has 1 aromatic carbocycles. The fourth-order valence-electron chi connectivity index (χ4n) is 2.84. The molecule has 0 aliphatic carbocycles. The number of benzene rings is 1. The van der Waals surface area contributed by atoms with E-state index in [9.17, 15) is 9.18 Å². The van der Waals surface area contributed by atoms with Crippen LogP contribution in [0.5, 0.6) is 0 Å². The monoisotopic (exact) mass is 367 g/mol. The van der Waals surface area contributed by atoms with Gasteiger partial charge in [0.1, 0.15) is 5.82 Å². The molecule has 0 N–H and O–H groups in total. The summed E-state index contributed by atoms with van der Waals surface area (Å²) >= 11 is 7.66. The van der Waals surface area contributed by atoms with Crippen molar-refractivity contribution in [1.29, 1.82) is 0 Å². The van der Waals surface area contributed by atoms with Gasteiger partial charge in [0.2, 0.25) is 5.91 Å². The molecule has 24 heavy (non-hydrogen) atoms. The third kappa shape index (κ3) is 4.35. The van der Waals surface area contributed by atoms with E-state index >= 15 is 0 Å². The average molecular weight is 368 g/mol. The molecule has 1 aromatic heterocycles. The molecule has 2 heterocycles. The quantitative estimate of drug-likeness (QED) is 0.762. The molecule has 6 heteroatoms. The smallest absolute Gasteiger partial charge is 0.227 e. The fourth-order valence-corrected chi connectivity index (χ4v) is 3.79. The first-order valence-electron chi connectivity index (χ1n) is 7.98. The van der Waals surface area contributed by atoms with Gasteiger partial charge in [-0.15, -0.1) is 11.3 Å². The normalized spacial score (nSPS) is 17.2. The summed E-state index contributed by atoms with van der Waals surface area (Å²) in [5.41, 5.74) is 0.257. The lowest BCUT2D eigenvalue weighted by atomic mass is 10.1. The van der Waals surface area contributed by atoms with E-state index in [4.69, 9.17) is 16.3 Å². The van der Waals surface area contributed by atoms with Gasteiger partial charge in [0.25, 0.3) is 0 Å². The van der Waals surface area contributed by atoms with Crippen molar-refractivity contribution in [3.8, 4) is 0 Å². The summed E-state index contributed by atoms with van der Waals surface area (Å²) in [5.74, 6) is -0.574. The highest BCUT2D eigenvalue weighted by atomic mass is 35.5. The zero-order valence-electron chi connectivity index (χ0n) is 13.2. The lowest BCUT2D eigenvalue weighted by molar-refractivity contribution is -0.132. The SMILES string of the molecule is O=C(Cc1c(F)cccc1Cl)N(Cc1cccs1)CC1CCCO1. The highest BCUT2D eigenvalue weighted by Gasteiger charge is 2.24. The Morgan fingerprint density at radius 2 is 2.25 bits per heavy atom. The Hall–Kier alpha value is -1.43. The van der Waals surface area contributed by atoms with Crippen molar-refractivity contribution in [1.82, 2.24) is 4.90 Å². The van der Waals surface area contributed by atoms with Crippen LogP contribution in [0.3, 0.4) is 0 Å². The molecule has 3 nitrogen and oxygen atoms in total. The lowest BCUT2D eigenvalue weighted by Gasteiger charge is -2.25.